The summed E-state index contributed by atoms with van der Waals surface area (Å²) >= 11 is 0. The number of ether oxygens (including phenoxy) is 2. The molecule has 188 valence electrons. The fourth-order valence-electron chi connectivity index (χ4n) is 4.53. The Morgan fingerprint density at radius 2 is 1.86 bits per heavy atom. The molecule has 0 radical (unpaired) electrons. The molecule has 2 heterocycles. The molecule has 1 aliphatic heterocycles. The average molecular weight is 496 g/mol. The van der Waals surface area contributed by atoms with Crippen LogP contribution < -0.4 is 20.1 Å². The molecule has 5 rings (SSSR count). The summed E-state index contributed by atoms with van der Waals surface area (Å²) in [6.45, 7) is 6.30. The fourth-order valence-corrected chi connectivity index (χ4v) is 4.53. The first-order chi connectivity index (χ1) is 17.9. The van der Waals surface area contributed by atoms with E-state index in [2.05, 4.69) is 39.8 Å². The number of methoxy groups -OCH3 is 1. The van der Waals surface area contributed by atoms with Gasteiger partial charge in [-0.25, -0.2) is 4.68 Å². The van der Waals surface area contributed by atoms with Crippen molar-refractivity contribution in [3.63, 3.8) is 0 Å². The number of aromatic nitrogens is 3. The van der Waals surface area contributed by atoms with Gasteiger partial charge in [0.25, 0.3) is 5.91 Å². The van der Waals surface area contributed by atoms with Crippen molar-refractivity contribution in [2.45, 2.75) is 33.4 Å². The molecule has 3 aromatic carbocycles. The summed E-state index contributed by atoms with van der Waals surface area (Å²) in [5, 5.41) is 10.7. The van der Waals surface area contributed by atoms with E-state index in [-0.39, 0.29) is 5.91 Å². The van der Waals surface area contributed by atoms with E-state index < -0.39 is 6.04 Å². The van der Waals surface area contributed by atoms with Crippen LogP contribution in [0, 0.1) is 13.8 Å². The fraction of sp³-hybridized carbons (Fsp3) is 0.207. The number of hydrogen-bond acceptors (Lipinski definition) is 6. The molecule has 2 N–H and O–H groups in total. The minimum atomic E-state index is -0.512. The second kappa shape index (κ2) is 10.2. The molecule has 0 saturated heterocycles. The number of nitrogens with one attached hydrogen (secondary N) is 2. The van der Waals surface area contributed by atoms with E-state index in [0.29, 0.717) is 35.3 Å². The van der Waals surface area contributed by atoms with Crippen molar-refractivity contribution in [1.29, 1.82) is 0 Å². The Kier molecular flexibility index (Phi) is 6.64. The van der Waals surface area contributed by atoms with Gasteiger partial charge in [-0.3, -0.25) is 4.79 Å². The lowest BCUT2D eigenvalue weighted by atomic mass is 9.94. The Morgan fingerprint density at radius 1 is 1.03 bits per heavy atom. The number of aryl methyl sites for hydroxylation is 2. The van der Waals surface area contributed by atoms with Crippen molar-refractivity contribution >= 4 is 17.5 Å². The number of anilines is 2. The Bertz CT molecular complexity index is 1490. The Balaban J connectivity index is 1.48. The summed E-state index contributed by atoms with van der Waals surface area (Å²) in [7, 11) is 1.61. The van der Waals surface area contributed by atoms with Gasteiger partial charge in [0.05, 0.1) is 12.7 Å². The normalized spacial score (nSPS) is 14.5. The molecule has 8 nitrogen and oxygen atoms in total. The Morgan fingerprint density at radius 3 is 2.65 bits per heavy atom. The molecule has 8 heteroatoms. The maximum Gasteiger partial charge on any atom is 0.255 e. The summed E-state index contributed by atoms with van der Waals surface area (Å²) in [6, 6.07) is 21.1. The van der Waals surface area contributed by atoms with Gasteiger partial charge in [-0.15, -0.1) is 0 Å². The van der Waals surface area contributed by atoms with Gasteiger partial charge in [0.1, 0.15) is 19.0 Å². The molecular formula is C29H29N5O3. The van der Waals surface area contributed by atoms with E-state index in [1.165, 1.54) is 11.9 Å². The predicted octanol–water partition coefficient (Wildman–Crippen LogP) is 5.41. The molecule has 37 heavy (non-hydrogen) atoms. The molecule has 1 aromatic heterocycles. The number of carbonyl (C=O) groups is 1. The third kappa shape index (κ3) is 4.91. The molecular weight excluding hydrogens is 466 g/mol. The van der Waals surface area contributed by atoms with Crippen LogP contribution >= 0.6 is 0 Å². The first-order valence-corrected chi connectivity index (χ1v) is 12.0. The highest BCUT2D eigenvalue weighted by Gasteiger charge is 2.34. The molecule has 1 aliphatic rings. The molecule has 0 aliphatic carbocycles. The van der Waals surface area contributed by atoms with Crippen LogP contribution in [0.4, 0.5) is 11.6 Å². The molecule has 4 aromatic rings. The van der Waals surface area contributed by atoms with E-state index in [4.69, 9.17) is 9.47 Å². The van der Waals surface area contributed by atoms with E-state index in [1.807, 2.05) is 68.4 Å². The number of nitrogens with zero attached hydrogens (tertiary/aromatic N) is 3. The van der Waals surface area contributed by atoms with Gasteiger partial charge in [-0.05, 0) is 55.7 Å². The van der Waals surface area contributed by atoms with Crippen molar-refractivity contribution in [2.24, 2.45) is 0 Å². The number of hydrogen-bond donors (Lipinski definition) is 2. The third-order valence-electron chi connectivity index (χ3n) is 6.41. The van der Waals surface area contributed by atoms with Gasteiger partial charge >= 0.3 is 0 Å². The molecule has 0 fully saturated rings. The quantitative estimate of drug-likeness (QED) is 0.356. The molecule has 0 spiro atoms. The summed E-state index contributed by atoms with van der Waals surface area (Å²) in [6.07, 6.45) is 1.47. The minimum Gasteiger partial charge on any atom is -0.493 e. The zero-order valence-electron chi connectivity index (χ0n) is 21.3. The Labute approximate surface area is 216 Å². The monoisotopic (exact) mass is 495 g/mol. The minimum absolute atomic E-state index is 0.218. The summed E-state index contributed by atoms with van der Waals surface area (Å²) < 4.78 is 13.5. The van der Waals surface area contributed by atoms with Crippen LogP contribution in [0.5, 0.6) is 11.5 Å². The van der Waals surface area contributed by atoms with Crippen LogP contribution in [0.15, 0.2) is 84.3 Å². The highest BCUT2D eigenvalue weighted by molar-refractivity contribution is 6.06. The number of allylic oxidation sites excluding steroid dienone is 1. The van der Waals surface area contributed by atoms with Gasteiger partial charge in [0, 0.05) is 11.4 Å². The summed E-state index contributed by atoms with van der Waals surface area (Å²) in [5.74, 6) is 1.53. The number of benzene rings is 3. The van der Waals surface area contributed by atoms with Crippen molar-refractivity contribution in [2.75, 3.05) is 17.7 Å². The van der Waals surface area contributed by atoms with Crippen LogP contribution in [0.3, 0.4) is 0 Å². The highest BCUT2D eigenvalue weighted by Crippen LogP contribution is 2.39. The largest absolute Gasteiger partial charge is 0.493 e. The lowest BCUT2D eigenvalue weighted by Gasteiger charge is -2.29. The molecule has 1 atom stereocenters. The number of para-hydroxylation sites is 1. The molecule has 1 amide bonds. The highest BCUT2D eigenvalue weighted by atomic mass is 16.5. The van der Waals surface area contributed by atoms with Crippen molar-refractivity contribution in [1.82, 2.24) is 14.8 Å². The number of amides is 1. The van der Waals surface area contributed by atoms with Crippen molar-refractivity contribution in [3.05, 3.63) is 107 Å². The average Bonchev–Trinajstić information content (AvgIpc) is 3.36. The maximum absolute atomic E-state index is 13.6. The SMILES string of the molecule is COc1cc(C2C(C(=O)Nc3ccccc3C)=C(C)Nc3ncnn32)ccc1OCc1cccc(C)c1. The van der Waals surface area contributed by atoms with Crippen LogP contribution in [0.25, 0.3) is 0 Å². The zero-order chi connectivity index (χ0) is 25.9. The zero-order valence-corrected chi connectivity index (χ0v) is 21.3. The van der Waals surface area contributed by atoms with Crippen molar-refractivity contribution in [3.8, 4) is 11.5 Å². The van der Waals surface area contributed by atoms with E-state index in [9.17, 15) is 4.79 Å². The van der Waals surface area contributed by atoms with Gasteiger partial charge in [0.2, 0.25) is 5.95 Å². The third-order valence-corrected chi connectivity index (χ3v) is 6.41. The second-order valence-electron chi connectivity index (χ2n) is 9.05. The summed E-state index contributed by atoms with van der Waals surface area (Å²) in [5.41, 5.74) is 6.05. The lowest BCUT2D eigenvalue weighted by Crippen LogP contribution is -2.31. The van der Waals surface area contributed by atoms with E-state index in [1.54, 1.807) is 11.8 Å². The van der Waals surface area contributed by atoms with E-state index in [0.717, 1.165) is 22.4 Å². The molecule has 1 unspecified atom stereocenters. The molecule has 0 saturated carbocycles. The topological polar surface area (TPSA) is 90.3 Å². The number of rotatable bonds is 7. The van der Waals surface area contributed by atoms with Crippen LogP contribution in [-0.2, 0) is 11.4 Å². The van der Waals surface area contributed by atoms with Crippen LogP contribution in [-0.4, -0.2) is 27.8 Å². The molecule has 0 bridgehead atoms. The number of fused-ring (bicyclic) bond motifs is 1. The van der Waals surface area contributed by atoms with Gasteiger partial charge in [0.15, 0.2) is 11.5 Å². The van der Waals surface area contributed by atoms with Crippen molar-refractivity contribution < 1.29 is 14.3 Å². The predicted molar refractivity (Wildman–Crippen MR) is 143 cm³/mol. The first kappa shape index (κ1) is 24.1. The smallest absolute Gasteiger partial charge is 0.255 e. The van der Waals surface area contributed by atoms with E-state index >= 15 is 0 Å². The standard InChI is InChI=1S/C29H29N5O3/c1-18-8-7-10-21(14-18)16-37-24-13-12-22(15-25(24)36-4)27-26(20(3)32-29-30-17-31-34(27)29)28(35)33-23-11-6-5-9-19(23)2/h5-15,17,27H,16H2,1-4H3,(H,33,35)(H,30,31,32). The Hall–Kier alpha value is -4.59. The van der Waals surface area contributed by atoms with Crippen LogP contribution in [0.2, 0.25) is 0 Å². The number of carbonyl (C=O) groups excluding carboxylic acids is 1. The summed E-state index contributed by atoms with van der Waals surface area (Å²) in [4.78, 5) is 18.0. The lowest BCUT2D eigenvalue weighted by molar-refractivity contribution is -0.113. The van der Waals surface area contributed by atoms with Crippen LogP contribution in [0.1, 0.15) is 35.2 Å². The van der Waals surface area contributed by atoms with Gasteiger partial charge < -0.3 is 20.1 Å². The first-order valence-electron chi connectivity index (χ1n) is 12.0. The van der Waals surface area contributed by atoms with Gasteiger partial charge in [-0.1, -0.05) is 54.1 Å². The maximum atomic E-state index is 13.6. The van der Waals surface area contributed by atoms with Gasteiger partial charge in [-0.2, -0.15) is 10.1 Å². The second-order valence-corrected chi connectivity index (χ2v) is 9.05.